The Morgan fingerprint density at radius 2 is 1.81 bits per heavy atom. The molecular weight excluding hydrogens is 878 g/mol. The number of anilines is 1. The molecule has 0 aliphatic carbocycles. The van der Waals surface area contributed by atoms with E-state index in [1.807, 2.05) is 13.0 Å². The Balaban J connectivity index is 1.50. The number of ether oxygens (including phenoxy) is 5. The molecule has 63 heavy (non-hydrogen) atoms. The largest absolute Gasteiger partial charge is 0.495 e. The van der Waals surface area contributed by atoms with E-state index in [-0.39, 0.29) is 42.4 Å². The summed E-state index contributed by atoms with van der Waals surface area (Å²) in [4.78, 5) is 80.0. The average molecular weight is 941 g/mol. The summed E-state index contributed by atoms with van der Waals surface area (Å²) in [6.07, 6.45) is 2.60. The molecule has 1 aromatic carbocycles. The van der Waals surface area contributed by atoms with Crippen molar-refractivity contribution < 1.29 is 62.7 Å². The van der Waals surface area contributed by atoms with Crippen LogP contribution in [0.4, 0.5) is 10.5 Å². The SMILES string of the molecule is COc1cc2cc(c1Cl)N(C)C(=O)C[C@H](OC(=O)[C@H](C)N(C)C(=O)CCSSCCCCC(=O)CC(C)C(=O)O)[C@]1(C)O[C@@H]1[C@H](C)[C@@H]1C[C@@](O)(NC(=O)O1)[C@H](OC)/C=C/C=C(\C)C2. The van der Waals surface area contributed by atoms with E-state index in [0.29, 0.717) is 36.5 Å². The smallest absolute Gasteiger partial charge is 0.409 e. The zero-order valence-electron chi connectivity index (χ0n) is 37.5. The van der Waals surface area contributed by atoms with Crippen molar-refractivity contribution in [2.45, 2.75) is 128 Å². The van der Waals surface area contributed by atoms with Gasteiger partial charge in [0.15, 0.2) is 5.72 Å². The second kappa shape index (κ2) is 22.9. The Labute approximate surface area is 382 Å². The van der Waals surface area contributed by atoms with Crippen LogP contribution < -0.4 is 15.0 Å². The highest BCUT2D eigenvalue weighted by Gasteiger charge is 2.64. The summed E-state index contributed by atoms with van der Waals surface area (Å²) in [5, 5.41) is 23.5. The van der Waals surface area contributed by atoms with Crippen LogP contribution in [0.2, 0.25) is 5.02 Å². The lowest BCUT2D eigenvalue weighted by atomic mass is 9.83. The van der Waals surface area contributed by atoms with Gasteiger partial charge in [-0.15, -0.1) is 0 Å². The minimum atomic E-state index is -1.85. The van der Waals surface area contributed by atoms with Crippen molar-refractivity contribution in [3.05, 3.63) is 46.5 Å². The van der Waals surface area contributed by atoms with Gasteiger partial charge in [0.1, 0.15) is 46.5 Å². The number of methoxy groups -OCH3 is 2. The van der Waals surface area contributed by atoms with Crippen LogP contribution in [0.1, 0.15) is 85.1 Å². The summed E-state index contributed by atoms with van der Waals surface area (Å²) < 4.78 is 29.3. The predicted octanol–water partition coefficient (Wildman–Crippen LogP) is 6.14. The van der Waals surface area contributed by atoms with E-state index >= 15 is 0 Å². The number of carbonyl (C=O) groups excluding carboxylic acids is 5. The molecule has 3 N–H and O–H groups in total. The van der Waals surface area contributed by atoms with Crippen molar-refractivity contribution in [3.63, 3.8) is 0 Å². The van der Waals surface area contributed by atoms with Gasteiger partial charge >= 0.3 is 18.0 Å². The average Bonchev–Trinajstić information content (AvgIpc) is 3.93. The predicted molar refractivity (Wildman–Crippen MR) is 241 cm³/mol. The number of aliphatic carboxylic acids is 1. The molecule has 4 bridgehead atoms. The normalized spacial score (nSPS) is 28.5. The molecule has 3 aliphatic rings. The number of carboxylic acids is 1. The third-order valence-electron chi connectivity index (χ3n) is 11.9. The van der Waals surface area contributed by atoms with Crippen molar-refractivity contribution in [2.24, 2.45) is 11.8 Å². The van der Waals surface area contributed by atoms with Crippen molar-refractivity contribution in [1.82, 2.24) is 10.2 Å². The molecule has 0 saturated carbocycles. The molecule has 0 radical (unpaired) electrons. The molecular formula is C44H62ClN3O13S2. The van der Waals surface area contributed by atoms with E-state index in [2.05, 4.69) is 5.32 Å². The molecule has 9 atom stereocenters. The Bertz CT molecular complexity index is 1920. The summed E-state index contributed by atoms with van der Waals surface area (Å²) >= 11 is 6.79. The molecule has 1 aromatic rings. The van der Waals surface area contributed by atoms with E-state index in [9.17, 15) is 33.9 Å². The number of ketones is 1. The van der Waals surface area contributed by atoms with Crippen LogP contribution in [-0.4, -0.2) is 132 Å². The van der Waals surface area contributed by atoms with Crippen molar-refractivity contribution in [2.75, 3.05) is 44.7 Å². The van der Waals surface area contributed by atoms with Gasteiger partial charge in [-0.2, -0.15) is 0 Å². The first-order valence-corrected chi connectivity index (χ1v) is 23.9. The number of benzene rings is 1. The van der Waals surface area contributed by atoms with Crippen molar-refractivity contribution >= 4 is 74.5 Å². The van der Waals surface area contributed by atoms with Crippen molar-refractivity contribution in [1.29, 1.82) is 0 Å². The van der Waals surface area contributed by atoms with E-state index in [0.717, 1.165) is 23.3 Å². The number of unbranched alkanes of at least 4 members (excludes halogenated alkanes) is 1. The summed E-state index contributed by atoms with van der Waals surface area (Å²) in [7, 11) is 9.04. The third kappa shape index (κ3) is 13.6. The maximum atomic E-state index is 14.2. The van der Waals surface area contributed by atoms with Crippen LogP contribution in [0.3, 0.4) is 0 Å². The number of amides is 3. The van der Waals surface area contributed by atoms with Gasteiger partial charge < -0.3 is 43.7 Å². The number of aliphatic hydroxyl groups is 1. The second-order valence-electron chi connectivity index (χ2n) is 16.7. The van der Waals surface area contributed by atoms with Gasteiger partial charge in [-0.05, 0) is 57.7 Å². The molecule has 3 amide bonds. The molecule has 3 heterocycles. The number of fused-ring (bicyclic) bond motifs is 5. The maximum Gasteiger partial charge on any atom is 0.409 e. The molecule has 0 aromatic heterocycles. The summed E-state index contributed by atoms with van der Waals surface area (Å²) in [5.41, 5.74) is -1.04. The lowest BCUT2D eigenvalue weighted by Crippen LogP contribution is -2.63. The number of esters is 1. The number of epoxide rings is 1. The number of hydrogen-bond donors (Lipinski definition) is 3. The van der Waals surface area contributed by atoms with Crippen LogP contribution in [0, 0.1) is 11.8 Å². The molecule has 350 valence electrons. The summed E-state index contributed by atoms with van der Waals surface area (Å²) in [6, 6.07) is 2.52. The zero-order valence-corrected chi connectivity index (χ0v) is 39.9. The number of rotatable bonds is 17. The number of likely N-dealkylation sites (N-methyl/N-ethyl adjacent to an activating group) is 1. The van der Waals surface area contributed by atoms with Gasteiger partial charge in [0, 0.05) is 64.3 Å². The first-order chi connectivity index (χ1) is 29.6. The molecule has 0 spiro atoms. The van der Waals surface area contributed by atoms with Gasteiger partial charge in [-0.3, -0.25) is 24.5 Å². The van der Waals surface area contributed by atoms with Crippen LogP contribution >= 0.6 is 33.2 Å². The highest BCUT2D eigenvalue weighted by atomic mass is 35.5. The zero-order chi connectivity index (χ0) is 46.8. The first-order valence-electron chi connectivity index (χ1n) is 21.0. The standard InChI is InChI=1S/C44H62ClN3O13S2/c1-25-13-12-15-34(58-9)44(56)24-33(59-42(55)46-44)27(3)39-43(5,61-39)35(23-37(51)48(7)31-21-29(19-25)22-32(57-8)38(31)45)60-41(54)28(4)47(6)36(50)16-18-63-62-17-11-10-14-30(49)20-26(2)40(52)53/h12-13,15,21-22,26-28,33-35,39,56H,10-11,14,16-20,23-24H2,1-9H3,(H,46,55)(H,52,53)/b15-12+,25-13+/t26?,27-,28+,33+,34-,35+,39-,43+,44+/m1/s1. The Hall–Kier alpha value is -3.81. The number of allylic oxidation sites excluding steroid dienone is 3. The number of alkyl carbamates (subject to hydrolysis) is 1. The fourth-order valence-corrected chi connectivity index (χ4v) is 10.1. The van der Waals surface area contributed by atoms with Gasteiger partial charge in [0.25, 0.3) is 0 Å². The highest BCUT2D eigenvalue weighted by Crippen LogP contribution is 2.49. The summed E-state index contributed by atoms with van der Waals surface area (Å²) in [6.45, 7) is 8.46. The quantitative estimate of drug-likeness (QED) is 0.0694. The highest BCUT2D eigenvalue weighted by molar-refractivity contribution is 8.76. The topological polar surface area (TPSA) is 211 Å². The lowest BCUT2D eigenvalue weighted by molar-refractivity contribution is -0.162. The number of halogens is 1. The maximum absolute atomic E-state index is 14.2. The molecule has 2 fully saturated rings. The van der Waals surface area contributed by atoms with Gasteiger partial charge in [-0.1, -0.05) is 70.8 Å². The van der Waals surface area contributed by atoms with E-state index < -0.39 is 77.6 Å². The number of Topliss-reactive ketones (excluding diaryl/α,β-unsaturated/α-hetero) is 1. The second-order valence-corrected chi connectivity index (χ2v) is 19.8. The minimum Gasteiger partial charge on any atom is -0.495 e. The number of nitrogens with one attached hydrogen (secondary N) is 1. The van der Waals surface area contributed by atoms with Gasteiger partial charge in [0.2, 0.25) is 11.8 Å². The van der Waals surface area contributed by atoms with E-state index in [4.69, 9.17) is 40.4 Å². The van der Waals surface area contributed by atoms with Crippen LogP contribution in [0.5, 0.6) is 5.75 Å². The molecule has 1 unspecified atom stereocenters. The number of carbonyl (C=O) groups is 6. The Kier molecular flexibility index (Phi) is 18.8. The third-order valence-corrected chi connectivity index (χ3v) is 14.8. The van der Waals surface area contributed by atoms with E-state index in [1.165, 1.54) is 48.8 Å². The monoisotopic (exact) mass is 939 g/mol. The minimum absolute atomic E-state index is 0.0253. The number of hydrogen-bond acceptors (Lipinski definition) is 14. The van der Waals surface area contributed by atoms with E-state index in [1.54, 1.807) is 62.9 Å². The fourth-order valence-electron chi connectivity index (χ4n) is 7.66. The van der Waals surface area contributed by atoms with Crippen molar-refractivity contribution in [3.8, 4) is 5.75 Å². The molecule has 16 nitrogen and oxygen atoms in total. The number of carboxylic acid groups (broad SMARTS) is 1. The van der Waals surface area contributed by atoms with Gasteiger partial charge in [0.05, 0.1) is 31.2 Å². The van der Waals surface area contributed by atoms with Gasteiger partial charge in [-0.25, -0.2) is 9.59 Å². The fraction of sp³-hybridized carbons (Fsp3) is 0.636. The van der Waals surface area contributed by atoms with Crippen LogP contribution in [0.25, 0.3) is 0 Å². The molecule has 19 heteroatoms. The first kappa shape index (κ1) is 51.8. The molecule has 2 saturated heterocycles. The Morgan fingerprint density at radius 1 is 1.11 bits per heavy atom. The van der Waals surface area contributed by atoms with Crippen LogP contribution in [-0.2, 0) is 49.3 Å². The summed E-state index contributed by atoms with van der Waals surface area (Å²) in [5.74, 6) is -2.24. The molecule has 3 aliphatic heterocycles. The lowest BCUT2D eigenvalue weighted by Gasteiger charge is -2.42. The Morgan fingerprint density at radius 3 is 2.48 bits per heavy atom. The van der Waals surface area contributed by atoms with Crippen LogP contribution in [0.15, 0.2) is 35.9 Å². The molecule has 4 rings (SSSR count). The number of nitrogens with zero attached hydrogens (tertiary/aromatic N) is 2.